The summed E-state index contributed by atoms with van der Waals surface area (Å²) in [5, 5.41) is 10.6. The fraction of sp³-hybridized carbons (Fsp3) is 0.565. The molecule has 29 heavy (non-hydrogen) atoms. The molecule has 6 heteroatoms. The van der Waals surface area contributed by atoms with Gasteiger partial charge in [-0.1, -0.05) is 40.5 Å². The number of ketones is 1. The second-order valence-corrected chi connectivity index (χ2v) is 7.06. The Morgan fingerprint density at radius 3 is 2.10 bits per heavy atom. The summed E-state index contributed by atoms with van der Waals surface area (Å²) in [5.41, 5.74) is 1.24. The molecule has 0 amide bonds. The molecule has 0 aliphatic carbocycles. The van der Waals surface area contributed by atoms with E-state index >= 15 is 0 Å². The van der Waals surface area contributed by atoms with Crippen molar-refractivity contribution in [1.82, 2.24) is 0 Å². The van der Waals surface area contributed by atoms with E-state index in [9.17, 15) is 14.7 Å². The van der Waals surface area contributed by atoms with E-state index in [0.717, 1.165) is 37.3 Å². The van der Waals surface area contributed by atoms with Gasteiger partial charge in [0.15, 0.2) is 0 Å². The highest BCUT2D eigenvalue weighted by Crippen LogP contribution is 2.36. The molecule has 6 nitrogen and oxygen atoms in total. The Morgan fingerprint density at radius 1 is 1.00 bits per heavy atom. The molecule has 0 radical (unpaired) electrons. The van der Waals surface area contributed by atoms with E-state index in [4.69, 9.17) is 14.2 Å². The van der Waals surface area contributed by atoms with Crippen LogP contribution in [0.3, 0.4) is 0 Å². The van der Waals surface area contributed by atoms with Gasteiger partial charge in [0.1, 0.15) is 17.3 Å². The van der Waals surface area contributed by atoms with Crippen molar-refractivity contribution in [2.24, 2.45) is 0 Å². The lowest BCUT2D eigenvalue weighted by molar-refractivity contribution is -0.151. The Bertz CT molecular complexity index is 706. The number of ether oxygens (including phenoxy) is 3. The van der Waals surface area contributed by atoms with Crippen LogP contribution in [0.4, 0.5) is 0 Å². The molecule has 0 saturated heterocycles. The van der Waals surface area contributed by atoms with Crippen LogP contribution in [0.2, 0.25) is 0 Å². The Kier molecular flexibility index (Phi) is 10.9. The molecule has 0 unspecified atom stereocenters. The summed E-state index contributed by atoms with van der Waals surface area (Å²) in [6.07, 6.45) is 4.65. The maximum atomic E-state index is 12.0. The van der Waals surface area contributed by atoms with Gasteiger partial charge >= 0.3 is 5.97 Å². The molecule has 0 aliphatic heterocycles. The highest BCUT2D eigenvalue weighted by atomic mass is 16.5. The van der Waals surface area contributed by atoms with E-state index in [1.165, 1.54) is 0 Å². The molecule has 0 spiro atoms. The molecule has 162 valence electrons. The first-order valence-electron chi connectivity index (χ1n) is 10.4. The highest BCUT2D eigenvalue weighted by Gasteiger charge is 2.20. The minimum atomic E-state index is -1.00. The standard InChI is InChI=1S/C23H34O6/c1-6-9-11-28-21-15-22(29-12-10-7-2)18(13-17(21)16(4)5)19(24)14-20(25)23(26)27-8-3/h13-16,24H,6-12H2,1-5H3. The molecule has 1 N–H and O–H groups in total. The molecule has 1 aromatic rings. The fourth-order valence-corrected chi connectivity index (χ4v) is 2.59. The lowest BCUT2D eigenvalue weighted by Crippen LogP contribution is -2.15. The fourth-order valence-electron chi connectivity index (χ4n) is 2.59. The van der Waals surface area contributed by atoms with Crippen LogP contribution in [0, 0.1) is 0 Å². The van der Waals surface area contributed by atoms with E-state index < -0.39 is 11.8 Å². The van der Waals surface area contributed by atoms with Crippen molar-refractivity contribution in [3.8, 4) is 11.5 Å². The van der Waals surface area contributed by atoms with Crippen LogP contribution in [-0.2, 0) is 14.3 Å². The lowest BCUT2D eigenvalue weighted by Gasteiger charge is -2.19. The van der Waals surface area contributed by atoms with Crippen molar-refractivity contribution in [2.75, 3.05) is 19.8 Å². The minimum Gasteiger partial charge on any atom is -0.507 e. The maximum Gasteiger partial charge on any atom is 0.379 e. The number of carbonyl (C=O) groups excluding carboxylic acids is 2. The molecular weight excluding hydrogens is 372 g/mol. The van der Waals surface area contributed by atoms with Gasteiger partial charge in [-0.2, -0.15) is 0 Å². The number of hydrogen-bond donors (Lipinski definition) is 1. The smallest absolute Gasteiger partial charge is 0.379 e. The third-order valence-electron chi connectivity index (χ3n) is 4.27. The summed E-state index contributed by atoms with van der Waals surface area (Å²) in [6, 6.07) is 3.52. The van der Waals surface area contributed by atoms with Crippen LogP contribution < -0.4 is 9.47 Å². The normalized spacial score (nSPS) is 11.4. The number of aliphatic hydroxyl groups excluding tert-OH is 1. The monoisotopic (exact) mass is 406 g/mol. The number of aliphatic hydroxyl groups is 1. The zero-order valence-corrected chi connectivity index (χ0v) is 18.2. The van der Waals surface area contributed by atoms with Crippen molar-refractivity contribution in [2.45, 2.75) is 66.2 Å². The third-order valence-corrected chi connectivity index (χ3v) is 4.27. The first-order valence-corrected chi connectivity index (χ1v) is 10.4. The molecule has 1 rings (SSSR count). The van der Waals surface area contributed by atoms with Gasteiger partial charge in [0.05, 0.1) is 25.4 Å². The van der Waals surface area contributed by atoms with Crippen molar-refractivity contribution in [1.29, 1.82) is 0 Å². The molecule has 0 atom stereocenters. The lowest BCUT2D eigenvalue weighted by atomic mass is 9.97. The number of esters is 1. The molecule has 0 saturated carbocycles. The van der Waals surface area contributed by atoms with E-state index in [2.05, 4.69) is 13.8 Å². The van der Waals surface area contributed by atoms with Gasteiger partial charge in [0, 0.05) is 12.1 Å². The van der Waals surface area contributed by atoms with Crippen LogP contribution >= 0.6 is 0 Å². The van der Waals surface area contributed by atoms with Crippen LogP contribution in [-0.4, -0.2) is 36.7 Å². The zero-order valence-electron chi connectivity index (χ0n) is 18.2. The van der Waals surface area contributed by atoms with E-state index in [-0.39, 0.29) is 18.3 Å². The second-order valence-electron chi connectivity index (χ2n) is 7.06. The number of rotatable bonds is 13. The average molecular weight is 407 g/mol. The van der Waals surface area contributed by atoms with E-state index in [1.807, 2.05) is 13.8 Å². The first kappa shape index (κ1) is 24.5. The van der Waals surface area contributed by atoms with Gasteiger partial charge in [-0.3, -0.25) is 4.79 Å². The predicted molar refractivity (Wildman–Crippen MR) is 114 cm³/mol. The van der Waals surface area contributed by atoms with Gasteiger partial charge in [-0.25, -0.2) is 4.79 Å². The topological polar surface area (TPSA) is 82.1 Å². The Morgan fingerprint density at radius 2 is 1.59 bits per heavy atom. The molecular formula is C23H34O6. The van der Waals surface area contributed by atoms with Crippen LogP contribution in [0.15, 0.2) is 18.2 Å². The molecule has 0 bridgehead atoms. The van der Waals surface area contributed by atoms with Crippen molar-refractivity contribution < 1.29 is 28.9 Å². The molecule has 0 heterocycles. The number of benzene rings is 1. The Labute approximate surface area is 173 Å². The molecule has 0 aromatic heterocycles. The van der Waals surface area contributed by atoms with E-state index in [0.29, 0.717) is 30.3 Å². The van der Waals surface area contributed by atoms with Crippen LogP contribution in [0.1, 0.15) is 77.3 Å². The number of unbranched alkanes of at least 4 members (excludes halogenated alkanes) is 2. The largest absolute Gasteiger partial charge is 0.507 e. The summed E-state index contributed by atoms with van der Waals surface area (Å²) in [6.45, 7) is 11.0. The van der Waals surface area contributed by atoms with E-state index in [1.54, 1.807) is 19.1 Å². The van der Waals surface area contributed by atoms with Crippen molar-refractivity contribution >= 4 is 17.5 Å². The SMILES string of the molecule is CCCCOc1cc(OCCCC)c(C(C)C)cc1C(O)=CC(=O)C(=O)OCC. The molecule has 1 aromatic carbocycles. The van der Waals surface area contributed by atoms with Gasteiger partial charge in [0.2, 0.25) is 0 Å². The minimum absolute atomic E-state index is 0.0891. The van der Waals surface area contributed by atoms with Gasteiger partial charge < -0.3 is 19.3 Å². The van der Waals surface area contributed by atoms with Crippen LogP contribution in [0.25, 0.3) is 5.76 Å². The van der Waals surface area contributed by atoms with Crippen LogP contribution in [0.5, 0.6) is 11.5 Å². The molecule has 0 aliphatic rings. The summed E-state index contributed by atoms with van der Waals surface area (Å²) < 4.78 is 16.5. The quantitative estimate of drug-likeness (QED) is 0.159. The maximum absolute atomic E-state index is 12.0. The van der Waals surface area contributed by atoms with Crippen molar-refractivity contribution in [3.63, 3.8) is 0 Å². The summed E-state index contributed by atoms with van der Waals surface area (Å²) in [4.78, 5) is 23.6. The predicted octanol–water partition coefficient (Wildman–Crippen LogP) is 5.20. The summed E-state index contributed by atoms with van der Waals surface area (Å²) in [7, 11) is 0. The number of hydrogen-bond acceptors (Lipinski definition) is 6. The van der Waals surface area contributed by atoms with Gasteiger partial charge in [0.25, 0.3) is 5.78 Å². The summed E-state index contributed by atoms with van der Waals surface area (Å²) in [5.74, 6) is -1.01. The van der Waals surface area contributed by atoms with Crippen molar-refractivity contribution in [3.05, 3.63) is 29.3 Å². The van der Waals surface area contributed by atoms with Gasteiger partial charge in [-0.15, -0.1) is 0 Å². The zero-order chi connectivity index (χ0) is 21.8. The average Bonchev–Trinajstić information content (AvgIpc) is 2.68. The Hall–Kier alpha value is -2.50. The summed E-state index contributed by atoms with van der Waals surface area (Å²) >= 11 is 0. The second kappa shape index (κ2) is 12.9. The molecule has 0 fully saturated rings. The van der Waals surface area contributed by atoms with Gasteiger partial charge in [-0.05, 0) is 37.3 Å². The highest BCUT2D eigenvalue weighted by molar-refractivity contribution is 6.39. The Balaban J connectivity index is 3.34. The number of carbonyl (C=O) groups is 2. The third kappa shape index (κ3) is 7.80. The first-order chi connectivity index (χ1) is 13.8.